The lowest BCUT2D eigenvalue weighted by Gasteiger charge is -2.03. The van der Waals surface area contributed by atoms with Crippen molar-refractivity contribution in [3.05, 3.63) is 39.9 Å². The Bertz CT molecular complexity index is 514. The largest absolute Gasteiger partial charge is 0.480 e. The highest BCUT2D eigenvalue weighted by molar-refractivity contribution is 9.10. The number of carbonyl (C=O) groups excluding carboxylic acids is 1. The van der Waals surface area contributed by atoms with E-state index in [0.29, 0.717) is 0 Å². The maximum absolute atomic E-state index is 11.5. The van der Waals surface area contributed by atoms with Crippen molar-refractivity contribution >= 4 is 33.9 Å². The van der Waals surface area contributed by atoms with E-state index in [-0.39, 0.29) is 25.7 Å². The Labute approximate surface area is 125 Å². The van der Waals surface area contributed by atoms with Crippen LogP contribution in [0.5, 0.6) is 0 Å². The number of rotatable bonds is 7. The Balaban J connectivity index is 2.34. The molecule has 0 aliphatic heterocycles. The SMILES string of the molecule is Cc1ccc(C=CC(=O)NCCOCC(=O)O)c(Br)c1. The van der Waals surface area contributed by atoms with E-state index in [0.717, 1.165) is 15.6 Å². The summed E-state index contributed by atoms with van der Waals surface area (Å²) in [6.07, 6.45) is 3.13. The third-order valence-corrected chi connectivity index (χ3v) is 3.03. The van der Waals surface area contributed by atoms with E-state index in [1.54, 1.807) is 6.08 Å². The highest BCUT2D eigenvalue weighted by Gasteiger charge is 1.99. The summed E-state index contributed by atoms with van der Waals surface area (Å²) in [6.45, 7) is 2.07. The lowest BCUT2D eigenvalue weighted by atomic mass is 10.1. The molecule has 0 saturated carbocycles. The monoisotopic (exact) mass is 341 g/mol. The fraction of sp³-hybridized carbons (Fsp3) is 0.286. The molecular formula is C14H16BrNO4. The van der Waals surface area contributed by atoms with Gasteiger partial charge in [0.25, 0.3) is 0 Å². The second-order valence-corrected chi connectivity index (χ2v) is 4.95. The first-order valence-corrected chi connectivity index (χ1v) is 6.80. The van der Waals surface area contributed by atoms with E-state index in [9.17, 15) is 9.59 Å². The van der Waals surface area contributed by atoms with Crippen LogP contribution in [0, 0.1) is 6.92 Å². The van der Waals surface area contributed by atoms with E-state index in [1.807, 2.05) is 25.1 Å². The van der Waals surface area contributed by atoms with Gasteiger partial charge in [0.15, 0.2) is 0 Å². The molecule has 0 atom stereocenters. The summed E-state index contributed by atoms with van der Waals surface area (Å²) in [5.41, 5.74) is 2.04. The van der Waals surface area contributed by atoms with Crippen LogP contribution in [0.25, 0.3) is 6.08 Å². The molecule has 0 saturated heterocycles. The van der Waals surface area contributed by atoms with E-state index < -0.39 is 5.97 Å². The molecule has 0 spiro atoms. The third kappa shape index (κ3) is 6.49. The first-order valence-electron chi connectivity index (χ1n) is 6.00. The molecule has 0 aromatic heterocycles. The van der Waals surface area contributed by atoms with Gasteiger partial charge in [0.2, 0.25) is 5.91 Å². The van der Waals surface area contributed by atoms with E-state index >= 15 is 0 Å². The second kappa shape index (κ2) is 8.50. The van der Waals surface area contributed by atoms with E-state index in [1.165, 1.54) is 6.08 Å². The Hall–Kier alpha value is -1.66. The molecule has 0 heterocycles. The van der Waals surface area contributed by atoms with Gasteiger partial charge in [0, 0.05) is 17.1 Å². The molecule has 2 N–H and O–H groups in total. The molecule has 6 heteroatoms. The lowest BCUT2D eigenvalue weighted by Crippen LogP contribution is -2.26. The number of aliphatic carboxylic acids is 1. The first kappa shape index (κ1) is 16.4. The van der Waals surface area contributed by atoms with Gasteiger partial charge in [-0.1, -0.05) is 28.1 Å². The van der Waals surface area contributed by atoms with Gasteiger partial charge in [0.05, 0.1) is 6.61 Å². The van der Waals surface area contributed by atoms with Crippen molar-refractivity contribution in [2.75, 3.05) is 19.8 Å². The Kier molecular flexibility index (Phi) is 6.97. The van der Waals surface area contributed by atoms with Crippen molar-refractivity contribution in [1.82, 2.24) is 5.32 Å². The molecule has 5 nitrogen and oxygen atoms in total. The molecule has 1 amide bonds. The molecule has 20 heavy (non-hydrogen) atoms. The highest BCUT2D eigenvalue weighted by atomic mass is 79.9. The molecule has 1 aromatic rings. The number of hydrogen-bond acceptors (Lipinski definition) is 3. The fourth-order valence-electron chi connectivity index (χ4n) is 1.40. The maximum Gasteiger partial charge on any atom is 0.329 e. The zero-order chi connectivity index (χ0) is 15.0. The summed E-state index contributed by atoms with van der Waals surface area (Å²) in [4.78, 5) is 21.7. The quantitative estimate of drug-likeness (QED) is 0.587. The van der Waals surface area contributed by atoms with Crippen LogP contribution in [0.15, 0.2) is 28.7 Å². The number of halogens is 1. The predicted molar refractivity (Wildman–Crippen MR) is 79.4 cm³/mol. The predicted octanol–water partition coefficient (Wildman–Crippen LogP) is 1.99. The molecule has 108 valence electrons. The summed E-state index contributed by atoms with van der Waals surface area (Å²) in [6, 6.07) is 5.85. The van der Waals surface area contributed by atoms with E-state index in [4.69, 9.17) is 9.84 Å². The summed E-state index contributed by atoms with van der Waals surface area (Å²) in [7, 11) is 0. The Morgan fingerprint density at radius 1 is 1.45 bits per heavy atom. The average molecular weight is 342 g/mol. The zero-order valence-corrected chi connectivity index (χ0v) is 12.6. The molecule has 1 aromatic carbocycles. The smallest absolute Gasteiger partial charge is 0.329 e. The van der Waals surface area contributed by atoms with Crippen LogP contribution in [0.3, 0.4) is 0 Å². The van der Waals surface area contributed by atoms with Crippen LogP contribution in [0.1, 0.15) is 11.1 Å². The number of hydrogen-bond donors (Lipinski definition) is 2. The van der Waals surface area contributed by atoms with Crippen LogP contribution >= 0.6 is 15.9 Å². The van der Waals surface area contributed by atoms with Gasteiger partial charge in [-0.05, 0) is 30.2 Å². The van der Waals surface area contributed by atoms with Gasteiger partial charge in [-0.25, -0.2) is 4.79 Å². The summed E-state index contributed by atoms with van der Waals surface area (Å²) >= 11 is 3.43. The number of benzene rings is 1. The standard InChI is InChI=1S/C14H16BrNO4/c1-10-2-3-11(12(15)8-10)4-5-13(17)16-6-7-20-9-14(18)19/h2-5,8H,6-7,9H2,1H3,(H,16,17)(H,18,19). The fourth-order valence-corrected chi connectivity index (χ4v) is 2.02. The Morgan fingerprint density at radius 2 is 2.20 bits per heavy atom. The molecule has 1 rings (SSSR count). The van der Waals surface area contributed by atoms with Crippen LogP contribution in [0.2, 0.25) is 0 Å². The van der Waals surface area contributed by atoms with Gasteiger partial charge in [-0.3, -0.25) is 4.79 Å². The number of amides is 1. The summed E-state index contributed by atoms with van der Waals surface area (Å²) in [5, 5.41) is 10.9. The number of carboxylic acids is 1. The van der Waals surface area contributed by atoms with Crippen LogP contribution in [-0.4, -0.2) is 36.7 Å². The number of carbonyl (C=O) groups is 2. The number of ether oxygens (including phenoxy) is 1. The van der Waals surface area contributed by atoms with Crippen molar-refractivity contribution in [3.8, 4) is 0 Å². The summed E-state index contributed by atoms with van der Waals surface area (Å²) < 4.78 is 5.72. The molecule has 0 unspecified atom stereocenters. The Morgan fingerprint density at radius 3 is 2.85 bits per heavy atom. The topological polar surface area (TPSA) is 75.6 Å². The van der Waals surface area contributed by atoms with Crippen molar-refractivity contribution in [2.45, 2.75) is 6.92 Å². The number of aryl methyl sites for hydroxylation is 1. The normalized spacial score (nSPS) is 10.7. The highest BCUT2D eigenvalue weighted by Crippen LogP contribution is 2.19. The van der Waals surface area contributed by atoms with E-state index in [2.05, 4.69) is 21.2 Å². The van der Waals surface area contributed by atoms with Crippen LogP contribution < -0.4 is 5.32 Å². The van der Waals surface area contributed by atoms with Gasteiger partial charge in [-0.15, -0.1) is 0 Å². The van der Waals surface area contributed by atoms with Crippen LogP contribution in [0.4, 0.5) is 0 Å². The minimum atomic E-state index is -1.03. The number of carboxylic acid groups (broad SMARTS) is 1. The minimum absolute atomic E-state index is 0.167. The van der Waals surface area contributed by atoms with Crippen molar-refractivity contribution < 1.29 is 19.4 Å². The molecule has 0 bridgehead atoms. The summed E-state index contributed by atoms with van der Waals surface area (Å²) in [5.74, 6) is -1.28. The van der Waals surface area contributed by atoms with Crippen molar-refractivity contribution in [1.29, 1.82) is 0 Å². The van der Waals surface area contributed by atoms with Crippen molar-refractivity contribution in [2.24, 2.45) is 0 Å². The average Bonchev–Trinajstić information content (AvgIpc) is 2.37. The van der Waals surface area contributed by atoms with Gasteiger partial charge in [0.1, 0.15) is 6.61 Å². The molecule has 0 aliphatic carbocycles. The van der Waals surface area contributed by atoms with Gasteiger partial charge >= 0.3 is 5.97 Å². The van der Waals surface area contributed by atoms with Crippen molar-refractivity contribution in [3.63, 3.8) is 0 Å². The van der Waals surface area contributed by atoms with Crippen LogP contribution in [-0.2, 0) is 14.3 Å². The second-order valence-electron chi connectivity index (χ2n) is 4.10. The molecule has 0 aliphatic rings. The third-order valence-electron chi connectivity index (χ3n) is 2.34. The number of nitrogens with one attached hydrogen (secondary N) is 1. The molecule has 0 radical (unpaired) electrons. The maximum atomic E-state index is 11.5. The first-order chi connectivity index (χ1) is 9.49. The molecule has 0 fully saturated rings. The van der Waals surface area contributed by atoms with Gasteiger partial charge in [-0.2, -0.15) is 0 Å². The molecular weight excluding hydrogens is 326 g/mol. The van der Waals surface area contributed by atoms with Gasteiger partial charge < -0.3 is 15.2 Å². The minimum Gasteiger partial charge on any atom is -0.480 e. The lowest BCUT2D eigenvalue weighted by molar-refractivity contribution is -0.142. The zero-order valence-electron chi connectivity index (χ0n) is 11.1.